The van der Waals surface area contributed by atoms with E-state index in [1.54, 1.807) is 30.5 Å². The molecule has 2 N–H and O–H groups in total. The van der Waals surface area contributed by atoms with Gasteiger partial charge in [-0.2, -0.15) is 5.10 Å². The van der Waals surface area contributed by atoms with Crippen molar-refractivity contribution in [3.63, 3.8) is 0 Å². The van der Waals surface area contributed by atoms with Gasteiger partial charge in [-0.25, -0.2) is 13.5 Å². The van der Waals surface area contributed by atoms with Crippen LogP contribution in [0.3, 0.4) is 0 Å². The van der Waals surface area contributed by atoms with Gasteiger partial charge in [-0.15, -0.1) is 11.3 Å². The van der Waals surface area contributed by atoms with E-state index in [-0.39, 0.29) is 9.77 Å². The molecule has 0 bridgehead atoms. The summed E-state index contributed by atoms with van der Waals surface area (Å²) in [6.07, 6.45) is 0. The molecule has 2 aromatic heterocycles. The van der Waals surface area contributed by atoms with Crippen molar-refractivity contribution in [2.45, 2.75) is 11.1 Å². The van der Waals surface area contributed by atoms with E-state index in [1.807, 2.05) is 0 Å². The second-order valence-corrected chi connectivity index (χ2v) is 8.28. The molecule has 2 heterocycles. The predicted octanol–water partition coefficient (Wildman–Crippen LogP) is 3.26. The maximum atomic E-state index is 12.5. The topological polar surface area (TPSA) is 91.9 Å². The molecule has 6 nitrogen and oxygen atoms in total. The van der Waals surface area contributed by atoms with E-state index in [0.29, 0.717) is 22.0 Å². The van der Waals surface area contributed by atoms with Crippen LogP contribution >= 0.6 is 22.9 Å². The van der Waals surface area contributed by atoms with Crippen LogP contribution in [-0.4, -0.2) is 18.6 Å². The number of sulfonamides is 1. The summed E-state index contributed by atoms with van der Waals surface area (Å²) in [5, 5.41) is 8.32. The number of benzene rings is 1. The Morgan fingerprint density at radius 1 is 1.21 bits per heavy atom. The first kappa shape index (κ1) is 16.7. The van der Waals surface area contributed by atoms with E-state index in [0.717, 1.165) is 16.9 Å². The fourth-order valence-electron chi connectivity index (χ4n) is 2.00. The van der Waals surface area contributed by atoms with Gasteiger partial charge in [0.15, 0.2) is 0 Å². The van der Waals surface area contributed by atoms with Crippen molar-refractivity contribution in [2.75, 3.05) is 4.72 Å². The van der Waals surface area contributed by atoms with Crippen LogP contribution in [0.25, 0.3) is 11.3 Å². The highest BCUT2D eigenvalue weighted by Crippen LogP contribution is 2.29. The number of H-pyrrole nitrogens is 1. The summed E-state index contributed by atoms with van der Waals surface area (Å²) in [7, 11) is -3.74. The van der Waals surface area contributed by atoms with E-state index in [9.17, 15) is 13.2 Å². The molecule has 124 valence electrons. The second kappa shape index (κ2) is 6.39. The van der Waals surface area contributed by atoms with E-state index in [4.69, 9.17) is 11.6 Å². The number of nitrogens with zero attached hydrogens (tertiary/aromatic N) is 1. The summed E-state index contributed by atoms with van der Waals surface area (Å²) in [5.74, 6) is 0. The van der Waals surface area contributed by atoms with Crippen LogP contribution < -0.4 is 10.3 Å². The number of aromatic amines is 1. The molecule has 0 radical (unpaired) electrons. The lowest BCUT2D eigenvalue weighted by Gasteiger charge is -2.09. The summed E-state index contributed by atoms with van der Waals surface area (Å²) in [4.78, 5) is 11.0. The molecule has 0 unspecified atom stereocenters. The lowest BCUT2D eigenvalue weighted by atomic mass is 10.2. The van der Waals surface area contributed by atoms with E-state index >= 15 is 0 Å². The molecule has 0 fully saturated rings. The van der Waals surface area contributed by atoms with Crippen LogP contribution in [0.5, 0.6) is 0 Å². The fraction of sp³-hybridized carbons (Fsp3) is 0.0667. The third kappa shape index (κ3) is 3.50. The van der Waals surface area contributed by atoms with Crippen LogP contribution in [0.1, 0.15) is 5.56 Å². The molecule has 0 saturated heterocycles. The van der Waals surface area contributed by atoms with E-state index in [2.05, 4.69) is 14.9 Å². The summed E-state index contributed by atoms with van der Waals surface area (Å²) >= 11 is 6.99. The van der Waals surface area contributed by atoms with E-state index in [1.165, 1.54) is 18.2 Å². The first-order chi connectivity index (χ1) is 11.3. The Balaban J connectivity index is 1.92. The summed E-state index contributed by atoms with van der Waals surface area (Å²) in [6, 6.07) is 9.37. The van der Waals surface area contributed by atoms with Crippen molar-refractivity contribution in [1.82, 2.24) is 10.2 Å². The van der Waals surface area contributed by atoms with Gasteiger partial charge in [-0.3, -0.25) is 9.52 Å². The normalized spacial score (nSPS) is 11.4. The van der Waals surface area contributed by atoms with E-state index < -0.39 is 10.0 Å². The van der Waals surface area contributed by atoms with Crippen molar-refractivity contribution < 1.29 is 8.42 Å². The zero-order valence-electron chi connectivity index (χ0n) is 12.4. The highest BCUT2D eigenvalue weighted by molar-refractivity contribution is 7.94. The number of nitrogens with one attached hydrogen (secondary N) is 2. The van der Waals surface area contributed by atoms with Crippen molar-refractivity contribution in [2.24, 2.45) is 0 Å². The molecule has 0 aliphatic heterocycles. The summed E-state index contributed by atoms with van der Waals surface area (Å²) in [6.45, 7) is 1.79. The smallest absolute Gasteiger partial charge is 0.271 e. The van der Waals surface area contributed by atoms with Gasteiger partial charge >= 0.3 is 0 Å². The molecule has 0 saturated carbocycles. The molecule has 0 aliphatic rings. The minimum atomic E-state index is -3.74. The van der Waals surface area contributed by atoms with Gasteiger partial charge in [0.2, 0.25) is 0 Å². The van der Waals surface area contributed by atoms with Crippen LogP contribution in [0.15, 0.2) is 50.8 Å². The second-order valence-electron chi connectivity index (χ2n) is 5.03. The Bertz CT molecular complexity index is 1040. The molecule has 3 aromatic rings. The molecule has 0 spiro atoms. The monoisotopic (exact) mass is 381 g/mol. The Morgan fingerprint density at radius 2 is 2.00 bits per heavy atom. The van der Waals surface area contributed by atoms with Gasteiger partial charge in [-0.05, 0) is 36.8 Å². The van der Waals surface area contributed by atoms with Crippen LogP contribution in [0.2, 0.25) is 5.02 Å². The van der Waals surface area contributed by atoms with Crippen LogP contribution in [0.4, 0.5) is 5.69 Å². The largest absolute Gasteiger partial charge is 0.279 e. The number of halogens is 1. The van der Waals surface area contributed by atoms with Gasteiger partial charge in [0.25, 0.3) is 15.6 Å². The Kier molecular flexibility index (Phi) is 4.44. The standard InChI is InChI=1S/C15H12ClN3O3S2/c1-9-2-3-11(16)7-13(9)19-24(21,22)15-6-10(8-23-15)12-4-5-14(20)18-17-12/h2-8,19H,1H3,(H,18,20). The first-order valence-corrected chi connectivity index (χ1v) is 9.53. The van der Waals surface area contributed by atoms with Crippen LogP contribution in [-0.2, 0) is 10.0 Å². The molecule has 0 amide bonds. The average Bonchev–Trinajstić information content (AvgIpc) is 3.02. The maximum Gasteiger partial charge on any atom is 0.271 e. The predicted molar refractivity (Wildman–Crippen MR) is 95.2 cm³/mol. The SMILES string of the molecule is Cc1ccc(Cl)cc1NS(=O)(=O)c1cc(-c2ccc(=O)[nH]n2)cs1. The molecule has 3 rings (SSSR count). The third-order valence-corrected chi connectivity index (χ3v) is 6.30. The number of hydrogen-bond acceptors (Lipinski definition) is 5. The lowest BCUT2D eigenvalue weighted by Crippen LogP contribution is -2.12. The lowest BCUT2D eigenvalue weighted by molar-refractivity contribution is 0.603. The molecular weight excluding hydrogens is 370 g/mol. The van der Waals surface area contributed by atoms with Crippen molar-refractivity contribution in [3.8, 4) is 11.3 Å². The Morgan fingerprint density at radius 3 is 2.71 bits per heavy atom. The highest BCUT2D eigenvalue weighted by atomic mass is 35.5. The number of thiophene rings is 1. The van der Waals surface area contributed by atoms with Gasteiger partial charge in [0, 0.05) is 22.0 Å². The zero-order valence-corrected chi connectivity index (χ0v) is 14.8. The van der Waals surface area contributed by atoms with Gasteiger partial charge in [-0.1, -0.05) is 17.7 Å². The minimum absolute atomic E-state index is 0.143. The molecule has 0 aliphatic carbocycles. The van der Waals surface area contributed by atoms with Gasteiger partial charge < -0.3 is 0 Å². The molecule has 24 heavy (non-hydrogen) atoms. The Hall–Kier alpha value is -2.16. The highest BCUT2D eigenvalue weighted by Gasteiger charge is 2.19. The number of aryl methyl sites for hydroxylation is 1. The van der Waals surface area contributed by atoms with Crippen LogP contribution in [0, 0.1) is 6.92 Å². The zero-order chi connectivity index (χ0) is 17.3. The quantitative estimate of drug-likeness (QED) is 0.725. The van der Waals surface area contributed by atoms with Crippen molar-refractivity contribution >= 4 is 38.6 Å². The number of anilines is 1. The number of hydrogen-bond donors (Lipinski definition) is 2. The average molecular weight is 382 g/mol. The molecule has 1 aromatic carbocycles. The fourth-order valence-corrected chi connectivity index (χ4v) is 4.46. The summed E-state index contributed by atoms with van der Waals surface area (Å²) in [5.41, 5.74) is 1.98. The van der Waals surface area contributed by atoms with Gasteiger partial charge in [0.1, 0.15) is 4.21 Å². The van der Waals surface area contributed by atoms with Gasteiger partial charge in [0.05, 0.1) is 11.4 Å². The van der Waals surface area contributed by atoms with Crippen molar-refractivity contribution in [1.29, 1.82) is 0 Å². The number of aromatic nitrogens is 2. The minimum Gasteiger partial charge on any atom is -0.279 e. The third-order valence-electron chi connectivity index (χ3n) is 3.26. The summed E-state index contributed by atoms with van der Waals surface area (Å²) < 4.78 is 27.8. The maximum absolute atomic E-state index is 12.5. The first-order valence-electron chi connectivity index (χ1n) is 6.79. The van der Waals surface area contributed by atoms with Crippen molar-refractivity contribution in [3.05, 3.63) is 62.7 Å². The molecule has 0 atom stereocenters. The molecule has 9 heteroatoms. The number of rotatable bonds is 4. The Labute approximate surface area is 147 Å². The molecular formula is C15H12ClN3O3S2.